The molecule has 0 spiro atoms. The summed E-state index contributed by atoms with van der Waals surface area (Å²) in [4.78, 5) is 0. The fraction of sp³-hybridized carbons (Fsp3) is 0.800. The summed E-state index contributed by atoms with van der Waals surface area (Å²) < 4.78 is 0. The van der Waals surface area contributed by atoms with E-state index in [2.05, 4.69) is 26.8 Å². The summed E-state index contributed by atoms with van der Waals surface area (Å²) in [7, 11) is 0. The van der Waals surface area contributed by atoms with Gasteiger partial charge in [-0.25, -0.2) is 0 Å². The van der Waals surface area contributed by atoms with Crippen LogP contribution >= 0.6 is 0 Å². The minimum absolute atomic E-state index is 0.916. The molecule has 3 unspecified atom stereocenters. The molecule has 0 aromatic carbocycles. The highest BCUT2D eigenvalue weighted by atomic mass is 14.6. The SMILES string of the molecule is CC1=CC2C(C1)C2C(C)C. The highest BCUT2D eigenvalue weighted by molar-refractivity contribution is 5.23. The van der Waals surface area contributed by atoms with E-state index >= 15 is 0 Å². The average molecular weight is 136 g/mol. The summed E-state index contributed by atoms with van der Waals surface area (Å²) >= 11 is 0. The number of rotatable bonds is 1. The van der Waals surface area contributed by atoms with E-state index in [0.717, 1.165) is 23.7 Å². The molecule has 1 saturated carbocycles. The van der Waals surface area contributed by atoms with Crippen LogP contribution in [0.3, 0.4) is 0 Å². The Bertz CT molecular complexity index is 176. The monoisotopic (exact) mass is 136 g/mol. The van der Waals surface area contributed by atoms with E-state index in [0.29, 0.717) is 0 Å². The molecule has 2 rings (SSSR count). The van der Waals surface area contributed by atoms with Crippen LogP contribution in [0.4, 0.5) is 0 Å². The van der Waals surface area contributed by atoms with Crippen LogP contribution in [0.25, 0.3) is 0 Å². The first kappa shape index (κ1) is 6.45. The highest BCUT2D eigenvalue weighted by Gasteiger charge is 2.52. The van der Waals surface area contributed by atoms with Crippen molar-refractivity contribution < 1.29 is 0 Å². The van der Waals surface area contributed by atoms with Gasteiger partial charge >= 0.3 is 0 Å². The van der Waals surface area contributed by atoms with Gasteiger partial charge in [-0.2, -0.15) is 0 Å². The Labute approximate surface area is 63.3 Å². The minimum Gasteiger partial charge on any atom is -0.0819 e. The van der Waals surface area contributed by atoms with Gasteiger partial charge in [-0.3, -0.25) is 0 Å². The number of allylic oxidation sites excluding steroid dienone is 2. The third-order valence-corrected chi connectivity index (χ3v) is 3.10. The molecule has 0 heterocycles. The molecule has 0 aromatic heterocycles. The van der Waals surface area contributed by atoms with E-state index in [1.54, 1.807) is 5.57 Å². The Hall–Kier alpha value is -0.260. The van der Waals surface area contributed by atoms with Crippen LogP contribution in [0.5, 0.6) is 0 Å². The van der Waals surface area contributed by atoms with Crippen LogP contribution in [0.15, 0.2) is 11.6 Å². The lowest BCUT2D eigenvalue weighted by atomic mass is 10.0. The van der Waals surface area contributed by atoms with Crippen LogP contribution in [0, 0.1) is 23.7 Å². The van der Waals surface area contributed by atoms with Crippen molar-refractivity contribution in [1.29, 1.82) is 0 Å². The lowest BCUT2D eigenvalue weighted by molar-refractivity contribution is 0.503. The molecule has 1 fully saturated rings. The molecule has 0 aliphatic heterocycles. The third-order valence-electron chi connectivity index (χ3n) is 3.10. The highest BCUT2D eigenvalue weighted by Crippen LogP contribution is 2.59. The average Bonchev–Trinajstić information content (AvgIpc) is 2.32. The smallest absolute Gasteiger partial charge is 0.0163 e. The van der Waals surface area contributed by atoms with Gasteiger partial charge < -0.3 is 0 Å². The maximum Gasteiger partial charge on any atom is -0.0163 e. The van der Waals surface area contributed by atoms with Crippen LogP contribution < -0.4 is 0 Å². The Morgan fingerprint density at radius 2 is 2.20 bits per heavy atom. The summed E-state index contributed by atoms with van der Waals surface area (Å²) in [6, 6.07) is 0. The molecule has 10 heavy (non-hydrogen) atoms. The standard InChI is InChI=1S/C10H16/c1-6(2)10-8-4-7(3)5-9(8)10/h4,6,8-10H,5H2,1-3H3. The van der Waals surface area contributed by atoms with E-state index in [9.17, 15) is 0 Å². The molecule has 0 radical (unpaired) electrons. The second-order valence-electron chi connectivity index (χ2n) is 4.28. The first-order valence-electron chi connectivity index (χ1n) is 4.37. The van der Waals surface area contributed by atoms with Gasteiger partial charge in [0.1, 0.15) is 0 Å². The van der Waals surface area contributed by atoms with Crippen molar-refractivity contribution in [3.05, 3.63) is 11.6 Å². The zero-order valence-electron chi connectivity index (χ0n) is 7.09. The predicted molar refractivity (Wildman–Crippen MR) is 43.7 cm³/mol. The normalized spacial score (nSPS) is 43.6. The van der Waals surface area contributed by atoms with Gasteiger partial charge in [-0.05, 0) is 37.0 Å². The van der Waals surface area contributed by atoms with Gasteiger partial charge in [0.2, 0.25) is 0 Å². The van der Waals surface area contributed by atoms with Crippen molar-refractivity contribution in [3.63, 3.8) is 0 Å². The molecule has 2 aliphatic carbocycles. The van der Waals surface area contributed by atoms with Crippen molar-refractivity contribution >= 4 is 0 Å². The van der Waals surface area contributed by atoms with Gasteiger partial charge in [-0.15, -0.1) is 0 Å². The molecule has 0 nitrogen and oxygen atoms in total. The molecular weight excluding hydrogens is 120 g/mol. The van der Waals surface area contributed by atoms with Crippen LogP contribution in [-0.2, 0) is 0 Å². The molecule has 3 atom stereocenters. The van der Waals surface area contributed by atoms with Crippen molar-refractivity contribution in [2.45, 2.75) is 27.2 Å². The predicted octanol–water partition coefficient (Wildman–Crippen LogP) is 2.85. The van der Waals surface area contributed by atoms with Gasteiger partial charge in [0, 0.05) is 0 Å². The quantitative estimate of drug-likeness (QED) is 0.486. The first-order chi connectivity index (χ1) is 4.70. The van der Waals surface area contributed by atoms with Crippen LogP contribution in [-0.4, -0.2) is 0 Å². The molecule has 56 valence electrons. The molecule has 0 heteroatoms. The summed E-state index contributed by atoms with van der Waals surface area (Å²) in [5, 5.41) is 0. The molecule has 0 bridgehead atoms. The Balaban J connectivity index is 2.02. The van der Waals surface area contributed by atoms with E-state index in [1.165, 1.54) is 6.42 Å². The number of hydrogen-bond donors (Lipinski definition) is 0. The molecular formula is C10H16. The summed E-state index contributed by atoms with van der Waals surface area (Å²) in [6.45, 7) is 6.97. The Morgan fingerprint density at radius 3 is 2.60 bits per heavy atom. The van der Waals surface area contributed by atoms with Gasteiger partial charge in [0.05, 0.1) is 0 Å². The van der Waals surface area contributed by atoms with Crippen molar-refractivity contribution in [1.82, 2.24) is 0 Å². The summed E-state index contributed by atoms with van der Waals surface area (Å²) in [5.74, 6) is 4.00. The zero-order chi connectivity index (χ0) is 7.30. The molecule has 0 aromatic rings. The van der Waals surface area contributed by atoms with Gasteiger partial charge in [-0.1, -0.05) is 25.5 Å². The molecule has 0 amide bonds. The van der Waals surface area contributed by atoms with Gasteiger partial charge in [0.15, 0.2) is 0 Å². The van der Waals surface area contributed by atoms with E-state index in [1.807, 2.05) is 0 Å². The fourth-order valence-corrected chi connectivity index (χ4v) is 2.64. The second-order valence-corrected chi connectivity index (χ2v) is 4.28. The molecule has 0 N–H and O–H groups in total. The second kappa shape index (κ2) is 1.87. The van der Waals surface area contributed by atoms with Crippen molar-refractivity contribution in [2.24, 2.45) is 23.7 Å². The lowest BCUT2D eigenvalue weighted by Crippen LogP contribution is -1.95. The van der Waals surface area contributed by atoms with Crippen LogP contribution in [0.1, 0.15) is 27.2 Å². The van der Waals surface area contributed by atoms with Crippen molar-refractivity contribution in [2.75, 3.05) is 0 Å². The Morgan fingerprint density at radius 1 is 1.50 bits per heavy atom. The molecule has 2 aliphatic rings. The van der Waals surface area contributed by atoms with Gasteiger partial charge in [0.25, 0.3) is 0 Å². The first-order valence-corrected chi connectivity index (χ1v) is 4.37. The third kappa shape index (κ3) is 0.744. The summed E-state index contributed by atoms with van der Waals surface area (Å²) in [5.41, 5.74) is 1.63. The largest absolute Gasteiger partial charge is 0.0819 e. The number of fused-ring (bicyclic) bond motifs is 1. The minimum atomic E-state index is 0.916. The lowest BCUT2D eigenvalue weighted by Gasteiger charge is -2.04. The topological polar surface area (TPSA) is 0 Å². The van der Waals surface area contributed by atoms with E-state index in [4.69, 9.17) is 0 Å². The Kier molecular flexibility index (Phi) is 1.21. The zero-order valence-corrected chi connectivity index (χ0v) is 7.09. The fourth-order valence-electron chi connectivity index (χ4n) is 2.64. The maximum absolute atomic E-state index is 2.50. The van der Waals surface area contributed by atoms with E-state index in [-0.39, 0.29) is 0 Å². The molecule has 0 saturated heterocycles. The van der Waals surface area contributed by atoms with E-state index < -0.39 is 0 Å². The number of hydrogen-bond acceptors (Lipinski definition) is 0. The summed E-state index contributed by atoms with van der Waals surface area (Å²) in [6.07, 6.45) is 3.89. The maximum atomic E-state index is 2.50. The van der Waals surface area contributed by atoms with Crippen molar-refractivity contribution in [3.8, 4) is 0 Å². The van der Waals surface area contributed by atoms with Crippen LogP contribution in [0.2, 0.25) is 0 Å².